The first kappa shape index (κ1) is 13.7. The Kier molecular flexibility index (Phi) is 4.28. The Morgan fingerprint density at radius 1 is 1.59 bits per heavy atom. The van der Waals surface area contributed by atoms with E-state index in [2.05, 4.69) is 5.16 Å². The van der Waals surface area contributed by atoms with Crippen LogP contribution in [0.3, 0.4) is 0 Å². The van der Waals surface area contributed by atoms with E-state index in [4.69, 9.17) is 10.3 Å². The molecule has 0 fully saturated rings. The monoisotopic (exact) mass is 239 g/mol. The van der Waals surface area contributed by atoms with E-state index in [1.54, 1.807) is 17.9 Å². The normalized spacial score (nSPS) is 11.6. The summed E-state index contributed by atoms with van der Waals surface area (Å²) >= 11 is 0. The predicted molar refractivity (Wildman–Crippen MR) is 65.7 cm³/mol. The standard InChI is InChI=1S/C12H21N3O2/c1-5-15(8-12(3,4)7-13)11(16)10-6-9(2)14-17-10/h6H,5,7-8,13H2,1-4H3. The highest BCUT2D eigenvalue weighted by atomic mass is 16.5. The van der Waals surface area contributed by atoms with Gasteiger partial charge in [0.05, 0.1) is 5.69 Å². The molecule has 0 aliphatic heterocycles. The third kappa shape index (κ3) is 3.56. The van der Waals surface area contributed by atoms with Crippen LogP contribution in [0.15, 0.2) is 10.6 Å². The molecule has 0 bridgehead atoms. The molecule has 96 valence electrons. The van der Waals surface area contributed by atoms with Crippen LogP contribution in [0.1, 0.15) is 37.0 Å². The first-order valence-electron chi connectivity index (χ1n) is 5.82. The maximum absolute atomic E-state index is 12.1. The zero-order valence-corrected chi connectivity index (χ0v) is 11.0. The maximum Gasteiger partial charge on any atom is 0.292 e. The fourth-order valence-electron chi connectivity index (χ4n) is 1.53. The van der Waals surface area contributed by atoms with Crippen molar-refractivity contribution in [2.24, 2.45) is 11.1 Å². The lowest BCUT2D eigenvalue weighted by Crippen LogP contribution is -2.41. The first-order valence-corrected chi connectivity index (χ1v) is 5.82. The second-order valence-electron chi connectivity index (χ2n) is 5.02. The van der Waals surface area contributed by atoms with Crippen molar-refractivity contribution < 1.29 is 9.32 Å². The fraction of sp³-hybridized carbons (Fsp3) is 0.667. The molecule has 0 radical (unpaired) electrons. The fourth-order valence-corrected chi connectivity index (χ4v) is 1.53. The van der Waals surface area contributed by atoms with Crippen LogP contribution in [0.25, 0.3) is 0 Å². The lowest BCUT2D eigenvalue weighted by Gasteiger charge is -2.30. The third-order valence-electron chi connectivity index (χ3n) is 2.68. The molecule has 1 rings (SSSR count). The van der Waals surface area contributed by atoms with Crippen LogP contribution in [0.4, 0.5) is 0 Å². The zero-order chi connectivity index (χ0) is 13.1. The van der Waals surface area contributed by atoms with Gasteiger partial charge < -0.3 is 15.2 Å². The minimum Gasteiger partial charge on any atom is -0.351 e. The van der Waals surface area contributed by atoms with Gasteiger partial charge in [0.1, 0.15) is 0 Å². The summed E-state index contributed by atoms with van der Waals surface area (Å²) in [5.74, 6) is 0.159. The van der Waals surface area contributed by atoms with E-state index < -0.39 is 0 Å². The van der Waals surface area contributed by atoms with Crippen LogP contribution < -0.4 is 5.73 Å². The van der Waals surface area contributed by atoms with E-state index in [-0.39, 0.29) is 17.1 Å². The number of carbonyl (C=O) groups excluding carboxylic acids is 1. The summed E-state index contributed by atoms with van der Waals surface area (Å²) in [6.45, 7) is 9.57. The second-order valence-corrected chi connectivity index (χ2v) is 5.02. The molecule has 0 unspecified atom stereocenters. The van der Waals surface area contributed by atoms with E-state index in [1.165, 1.54) is 0 Å². The van der Waals surface area contributed by atoms with E-state index >= 15 is 0 Å². The number of nitrogens with zero attached hydrogens (tertiary/aromatic N) is 2. The number of nitrogens with two attached hydrogens (primary N) is 1. The van der Waals surface area contributed by atoms with Gasteiger partial charge in [-0.15, -0.1) is 0 Å². The van der Waals surface area contributed by atoms with Gasteiger partial charge in [-0.1, -0.05) is 19.0 Å². The van der Waals surface area contributed by atoms with Gasteiger partial charge in [0.15, 0.2) is 0 Å². The summed E-state index contributed by atoms with van der Waals surface area (Å²) in [4.78, 5) is 13.9. The highest BCUT2D eigenvalue weighted by molar-refractivity contribution is 5.91. The van der Waals surface area contributed by atoms with E-state index in [1.807, 2.05) is 20.8 Å². The van der Waals surface area contributed by atoms with Crippen molar-refractivity contribution in [3.05, 3.63) is 17.5 Å². The first-order chi connectivity index (χ1) is 7.89. The Balaban J connectivity index is 2.78. The summed E-state index contributed by atoms with van der Waals surface area (Å²) in [5, 5.41) is 3.72. The van der Waals surface area contributed by atoms with Gasteiger partial charge in [-0.2, -0.15) is 0 Å². The quantitative estimate of drug-likeness (QED) is 0.843. The largest absolute Gasteiger partial charge is 0.351 e. The molecular weight excluding hydrogens is 218 g/mol. The lowest BCUT2D eigenvalue weighted by molar-refractivity contribution is 0.0659. The Bertz CT molecular complexity index is 385. The Labute approximate surface area is 102 Å². The van der Waals surface area contributed by atoms with Gasteiger partial charge in [0, 0.05) is 19.2 Å². The lowest BCUT2D eigenvalue weighted by atomic mass is 9.93. The number of hydrogen-bond donors (Lipinski definition) is 1. The Hall–Kier alpha value is -1.36. The van der Waals surface area contributed by atoms with Crippen molar-refractivity contribution in [3.63, 3.8) is 0 Å². The summed E-state index contributed by atoms with van der Waals surface area (Å²) in [5.41, 5.74) is 6.29. The summed E-state index contributed by atoms with van der Waals surface area (Å²) in [7, 11) is 0. The summed E-state index contributed by atoms with van der Waals surface area (Å²) in [6.07, 6.45) is 0. The van der Waals surface area contributed by atoms with Gasteiger partial charge in [-0.3, -0.25) is 4.79 Å². The topological polar surface area (TPSA) is 72.4 Å². The summed E-state index contributed by atoms with van der Waals surface area (Å²) < 4.78 is 4.98. The van der Waals surface area contributed by atoms with Crippen molar-refractivity contribution in [2.45, 2.75) is 27.7 Å². The van der Waals surface area contributed by atoms with Crippen LogP contribution in [-0.2, 0) is 0 Å². The molecule has 1 amide bonds. The van der Waals surface area contributed by atoms with Gasteiger partial charge in [0.2, 0.25) is 5.76 Å². The van der Waals surface area contributed by atoms with Crippen molar-refractivity contribution in [3.8, 4) is 0 Å². The molecule has 5 heteroatoms. The van der Waals surface area contributed by atoms with Crippen LogP contribution in [-0.4, -0.2) is 35.6 Å². The number of hydrogen-bond acceptors (Lipinski definition) is 4. The minimum atomic E-state index is -0.130. The molecule has 0 aliphatic rings. The molecule has 0 atom stereocenters. The average molecular weight is 239 g/mol. The Morgan fingerprint density at radius 3 is 2.65 bits per heavy atom. The highest BCUT2D eigenvalue weighted by Crippen LogP contribution is 2.17. The number of amides is 1. The number of aromatic nitrogens is 1. The van der Waals surface area contributed by atoms with Gasteiger partial charge in [0.25, 0.3) is 5.91 Å². The van der Waals surface area contributed by atoms with Crippen molar-refractivity contribution >= 4 is 5.91 Å². The van der Waals surface area contributed by atoms with Crippen LogP contribution in [0.2, 0.25) is 0 Å². The van der Waals surface area contributed by atoms with Crippen molar-refractivity contribution in [1.29, 1.82) is 0 Å². The molecule has 0 aromatic carbocycles. The highest BCUT2D eigenvalue weighted by Gasteiger charge is 2.25. The molecule has 1 aromatic heterocycles. The summed E-state index contributed by atoms with van der Waals surface area (Å²) in [6, 6.07) is 1.65. The minimum absolute atomic E-state index is 0.0965. The second kappa shape index (κ2) is 5.31. The molecule has 2 N–H and O–H groups in total. The smallest absolute Gasteiger partial charge is 0.292 e. The van der Waals surface area contributed by atoms with E-state index in [9.17, 15) is 4.79 Å². The van der Waals surface area contributed by atoms with Crippen molar-refractivity contribution in [2.75, 3.05) is 19.6 Å². The molecule has 5 nitrogen and oxygen atoms in total. The number of carbonyl (C=O) groups is 1. The maximum atomic E-state index is 12.1. The molecule has 0 saturated heterocycles. The third-order valence-corrected chi connectivity index (χ3v) is 2.68. The SMILES string of the molecule is CCN(CC(C)(C)CN)C(=O)c1cc(C)no1. The molecule has 0 saturated carbocycles. The van der Waals surface area contributed by atoms with Gasteiger partial charge >= 0.3 is 0 Å². The molecule has 0 aliphatic carbocycles. The van der Waals surface area contributed by atoms with Crippen LogP contribution >= 0.6 is 0 Å². The van der Waals surface area contributed by atoms with E-state index in [0.717, 1.165) is 0 Å². The van der Waals surface area contributed by atoms with Crippen LogP contribution in [0.5, 0.6) is 0 Å². The molecule has 1 heterocycles. The predicted octanol–water partition coefficient (Wildman–Crippen LogP) is 1.43. The number of rotatable bonds is 5. The zero-order valence-electron chi connectivity index (χ0n) is 11.0. The Morgan fingerprint density at radius 2 is 2.24 bits per heavy atom. The van der Waals surface area contributed by atoms with Crippen LogP contribution in [0, 0.1) is 12.3 Å². The molecule has 1 aromatic rings. The van der Waals surface area contributed by atoms with Gasteiger partial charge in [-0.05, 0) is 25.8 Å². The molecule has 0 spiro atoms. The van der Waals surface area contributed by atoms with Crippen molar-refractivity contribution in [1.82, 2.24) is 10.1 Å². The van der Waals surface area contributed by atoms with Gasteiger partial charge in [-0.25, -0.2) is 0 Å². The van der Waals surface area contributed by atoms with E-state index in [0.29, 0.717) is 25.3 Å². The average Bonchev–Trinajstić information content (AvgIpc) is 2.72. The molecule has 17 heavy (non-hydrogen) atoms. The molecular formula is C12H21N3O2. The number of aryl methyl sites for hydroxylation is 1.